The Hall–Kier alpha value is -3.06. The van der Waals surface area contributed by atoms with Crippen LogP contribution in [0.3, 0.4) is 0 Å². The van der Waals surface area contributed by atoms with Gasteiger partial charge in [-0.3, -0.25) is 4.72 Å². The minimum Gasteiger partial charge on any atom is -0.493 e. The molecule has 0 bridgehead atoms. The highest BCUT2D eigenvalue weighted by molar-refractivity contribution is 7.90. The maximum atomic E-state index is 13.0. The second kappa shape index (κ2) is 9.61. The third-order valence-electron chi connectivity index (χ3n) is 4.41. The number of methoxy groups -OCH3 is 1. The molecule has 0 amide bonds. The molecule has 3 heterocycles. The molecule has 0 atom stereocenters. The monoisotopic (exact) mass is 478 g/mol. The lowest BCUT2D eigenvalue weighted by Gasteiger charge is -2.26. The Morgan fingerprint density at radius 1 is 1.03 bits per heavy atom. The number of ether oxygens (including phenoxy) is 3. The number of anilines is 1. The fraction of sp³-hybridized carbons (Fsp3) is 0.263. The molecule has 0 unspecified atom stereocenters. The molecule has 0 aliphatic carbocycles. The van der Waals surface area contributed by atoms with Gasteiger partial charge in [-0.25, -0.2) is 19.9 Å². The molecular formula is C19H19ClN6O5S. The lowest BCUT2D eigenvalue weighted by atomic mass is 10.3. The third kappa shape index (κ3) is 4.88. The van der Waals surface area contributed by atoms with Crippen molar-refractivity contribution >= 4 is 27.6 Å². The Balaban J connectivity index is 1.77. The van der Waals surface area contributed by atoms with Gasteiger partial charge >= 0.3 is 10.2 Å². The Bertz CT molecular complexity index is 1190. The quantitative estimate of drug-likeness (QED) is 0.508. The van der Waals surface area contributed by atoms with Crippen LogP contribution in [0.2, 0.25) is 5.15 Å². The van der Waals surface area contributed by atoms with Crippen LogP contribution in [0.25, 0.3) is 11.6 Å². The van der Waals surface area contributed by atoms with Gasteiger partial charge in [0.05, 0.1) is 20.3 Å². The molecule has 168 valence electrons. The summed E-state index contributed by atoms with van der Waals surface area (Å²) in [4.78, 5) is 16.7. The number of hydrogen-bond acceptors (Lipinski definition) is 9. The highest BCUT2D eigenvalue weighted by Gasteiger charge is 2.28. The molecule has 0 saturated carbocycles. The Morgan fingerprint density at radius 2 is 1.72 bits per heavy atom. The predicted octanol–water partition coefficient (Wildman–Crippen LogP) is 2.38. The standard InChI is InChI=1S/C19H19ClN6O5S/c1-29-13-5-2-3-6-14(13)31-15-16(20)23-19(18-21-7-4-8-22-18)24-17(15)25-32(27,28)26-9-11-30-12-10-26/h2-8H,9-12H2,1H3,(H,23,24,25). The number of halogens is 1. The first-order valence-electron chi connectivity index (χ1n) is 9.49. The molecule has 1 fully saturated rings. The first-order valence-corrected chi connectivity index (χ1v) is 11.3. The van der Waals surface area contributed by atoms with E-state index in [1.54, 1.807) is 30.3 Å². The number of benzene rings is 1. The largest absolute Gasteiger partial charge is 0.493 e. The van der Waals surface area contributed by atoms with Crippen LogP contribution in [-0.4, -0.2) is 66.1 Å². The molecule has 1 aromatic carbocycles. The first-order chi connectivity index (χ1) is 15.5. The summed E-state index contributed by atoms with van der Waals surface area (Å²) in [5.74, 6) is 0.669. The molecule has 1 aliphatic heterocycles. The second-order valence-corrected chi connectivity index (χ2v) is 8.49. The number of para-hydroxylation sites is 2. The van der Waals surface area contributed by atoms with Crippen LogP contribution < -0.4 is 14.2 Å². The van der Waals surface area contributed by atoms with E-state index in [4.69, 9.17) is 25.8 Å². The average molecular weight is 479 g/mol. The van der Waals surface area contributed by atoms with Gasteiger partial charge in [0, 0.05) is 25.5 Å². The molecule has 3 aromatic rings. The lowest BCUT2D eigenvalue weighted by Crippen LogP contribution is -2.43. The van der Waals surface area contributed by atoms with Crippen molar-refractivity contribution < 1.29 is 22.6 Å². The van der Waals surface area contributed by atoms with E-state index in [1.807, 2.05) is 0 Å². The van der Waals surface area contributed by atoms with Crippen molar-refractivity contribution in [1.29, 1.82) is 0 Å². The summed E-state index contributed by atoms with van der Waals surface area (Å²) < 4.78 is 46.1. The van der Waals surface area contributed by atoms with E-state index in [2.05, 4.69) is 24.7 Å². The SMILES string of the molecule is COc1ccccc1Oc1c(Cl)nc(-c2ncccn2)nc1NS(=O)(=O)N1CCOCC1. The molecule has 32 heavy (non-hydrogen) atoms. The number of rotatable bonds is 7. The summed E-state index contributed by atoms with van der Waals surface area (Å²) in [6.07, 6.45) is 3.02. The van der Waals surface area contributed by atoms with Crippen LogP contribution >= 0.6 is 11.6 Å². The summed E-state index contributed by atoms with van der Waals surface area (Å²) in [5.41, 5.74) is 0. The van der Waals surface area contributed by atoms with E-state index in [1.165, 1.54) is 23.8 Å². The van der Waals surface area contributed by atoms with Crippen LogP contribution in [0, 0.1) is 0 Å². The highest BCUT2D eigenvalue weighted by Crippen LogP contribution is 2.39. The molecule has 1 saturated heterocycles. The van der Waals surface area contributed by atoms with Gasteiger partial charge in [0.25, 0.3) is 0 Å². The molecule has 0 radical (unpaired) electrons. The van der Waals surface area contributed by atoms with Crippen LogP contribution in [0.15, 0.2) is 42.7 Å². The van der Waals surface area contributed by atoms with Gasteiger partial charge in [-0.15, -0.1) is 0 Å². The maximum Gasteiger partial charge on any atom is 0.303 e. The van der Waals surface area contributed by atoms with Crippen LogP contribution in [0.5, 0.6) is 17.2 Å². The zero-order valence-electron chi connectivity index (χ0n) is 16.9. The molecule has 0 spiro atoms. The van der Waals surface area contributed by atoms with E-state index in [-0.39, 0.29) is 41.5 Å². The number of hydrogen-bond donors (Lipinski definition) is 1. The van der Waals surface area contributed by atoms with Gasteiger partial charge in [-0.1, -0.05) is 23.7 Å². The van der Waals surface area contributed by atoms with E-state index < -0.39 is 10.2 Å². The zero-order valence-corrected chi connectivity index (χ0v) is 18.5. The van der Waals surface area contributed by atoms with Crippen molar-refractivity contribution in [2.45, 2.75) is 0 Å². The highest BCUT2D eigenvalue weighted by atomic mass is 35.5. The average Bonchev–Trinajstić information content (AvgIpc) is 2.82. The molecule has 1 aliphatic rings. The van der Waals surface area contributed by atoms with Crippen molar-refractivity contribution in [1.82, 2.24) is 24.2 Å². The Kier molecular flexibility index (Phi) is 6.65. The minimum atomic E-state index is -3.98. The van der Waals surface area contributed by atoms with Gasteiger partial charge in [0.2, 0.25) is 11.6 Å². The molecule has 13 heteroatoms. The molecule has 2 aromatic heterocycles. The van der Waals surface area contributed by atoms with Crippen molar-refractivity contribution in [3.05, 3.63) is 47.9 Å². The van der Waals surface area contributed by atoms with Gasteiger partial charge in [0.15, 0.2) is 28.3 Å². The van der Waals surface area contributed by atoms with Gasteiger partial charge in [-0.05, 0) is 18.2 Å². The van der Waals surface area contributed by atoms with Crippen molar-refractivity contribution in [2.24, 2.45) is 0 Å². The fourth-order valence-corrected chi connectivity index (χ4v) is 4.23. The van der Waals surface area contributed by atoms with E-state index in [9.17, 15) is 8.42 Å². The van der Waals surface area contributed by atoms with Crippen LogP contribution in [0.4, 0.5) is 5.82 Å². The number of nitrogens with zero attached hydrogens (tertiary/aromatic N) is 5. The van der Waals surface area contributed by atoms with Crippen LogP contribution in [0.1, 0.15) is 0 Å². The minimum absolute atomic E-state index is 0.0302. The first kappa shape index (κ1) is 22.1. The summed E-state index contributed by atoms with van der Waals surface area (Å²) in [5, 5.41) is -0.131. The normalized spacial score (nSPS) is 14.7. The predicted molar refractivity (Wildman–Crippen MR) is 116 cm³/mol. The second-order valence-electron chi connectivity index (χ2n) is 6.46. The molecule has 4 rings (SSSR count). The van der Waals surface area contributed by atoms with Crippen molar-refractivity contribution in [3.8, 4) is 28.9 Å². The van der Waals surface area contributed by atoms with Gasteiger partial charge in [-0.2, -0.15) is 12.7 Å². The third-order valence-corrected chi connectivity index (χ3v) is 6.16. The fourth-order valence-electron chi connectivity index (χ4n) is 2.88. The van der Waals surface area contributed by atoms with E-state index in [0.29, 0.717) is 24.7 Å². The Morgan fingerprint density at radius 3 is 2.41 bits per heavy atom. The van der Waals surface area contributed by atoms with Gasteiger partial charge in [0.1, 0.15) is 0 Å². The molecule has 1 N–H and O–H groups in total. The smallest absolute Gasteiger partial charge is 0.303 e. The molecular weight excluding hydrogens is 460 g/mol. The van der Waals surface area contributed by atoms with Crippen molar-refractivity contribution in [3.63, 3.8) is 0 Å². The Labute approximate surface area is 189 Å². The van der Waals surface area contributed by atoms with E-state index >= 15 is 0 Å². The van der Waals surface area contributed by atoms with Crippen LogP contribution in [-0.2, 0) is 14.9 Å². The summed E-state index contributed by atoms with van der Waals surface area (Å²) >= 11 is 6.40. The topological polar surface area (TPSA) is 129 Å². The maximum absolute atomic E-state index is 13.0. The number of aromatic nitrogens is 4. The summed E-state index contributed by atoms with van der Waals surface area (Å²) in [7, 11) is -2.50. The lowest BCUT2D eigenvalue weighted by molar-refractivity contribution is 0.0733. The number of morpholine rings is 1. The zero-order chi connectivity index (χ0) is 22.6. The van der Waals surface area contributed by atoms with Crippen molar-refractivity contribution in [2.75, 3.05) is 38.1 Å². The summed E-state index contributed by atoms with van der Waals surface area (Å²) in [6, 6.07) is 8.46. The molecule has 11 nitrogen and oxygen atoms in total. The van der Waals surface area contributed by atoms with Gasteiger partial charge < -0.3 is 14.2 Å². The summed E-state index contributed by atoms with van der Waals surface area (Å²) in [6.45, 7) is 0.981. The van der Waals surface area contributed by atoms with E-state index in [0.717, 1.165) is 0 Å². The number of nitrogens with one attached hydrogen (secondary N) is 1.